The van der Waals surface area contributed by atoms with Crippen molar-refractivity contribution in [2.24, 2.45) is 0 Å². The number of carbonyl (C=O) groups is 2. The van der Waals surface area contributed by atoms with Crippen molar-refractivity contribution in [2.45, 2.75) is 19.8 Å². The SMILES string of the molecule is Cc1ccc(CCC(=O)N2CCN(CC(=O)Nc3cccc(F)c3)CC2)cc1. The number of benzene rings is 2. The molecule has 1 heterocycles. The average Bonchev–Trinajstić information content (AvgIpc) is 2.68. The van der Waals surface area contributed by atoms with Crippen molar-refractivity contribution in [3.63, 3.8) is 0 Å². The van der Waals surface area contributed by atoms with Gasteiger partial charge in [-0.3, -0.25) is 14.5 Å². The van der Waals surface area contributed by atoms with Gasteiger partial charge in [-0.05, 0) is 37.1 Å². The van der Waals surface area contributed by atoms with Crippen molar-refractivity contribution in [3.8, 4) is 0 Å². The molecule has 1 aliphatic rings. The molecule has 0 aliphatic carbocycles. The van der Waals surface area contributed by atoms with Gasteiger partial charge in [0.2, 0.25) is 11.8 Å². The van der Waals surface area contributed by atoms with Crippen LogP contribution in [0.15, 0.2) is 48.5 Å². The molecule has 2 aromatic rings. The molecule has 2 amide bonds. The lowest BCUT2D eigenvalue weighted by Gasteiger charge is -2.34. The lowest BCUT2D eigenvalue weighted by atomic mass is 10.1. The minimum atomic E-state index is -0.379. The van der Waals surface area contributed by atoms with Gasteiger partial charge in [-0.25, -0.2) is 4.39 Å². The maximum absolute atomic E-state index is 13.2. The molecule has 1 fully saturated rings. The number of piperazine rings is 1. The van der Waals surface area contributed by atoms with Gasteiger partial charge in [-0.1, -0.05) is 35.9 Å². The highest BCUT2D eigenvalue weighted by Crippen LogP contribution is 2.11. The van der Waals surface area contributed by atoms with Crippen LogP contribution in [0.5, 0.6) is 0 Å². The predicted molar refractivity (Wildman–Crippen MR) is 108 cm³/mol. The Bertz CT molecular complexity index is 815. The number of hydrogen-bond acceptors (Lipinski definition) is 3. The number of carbonyl (C=O) groups excluding carboxylic acids is 2. The number of halogens is 1. The Kier molecular flexibility index (Phi) is 6.76. The Morgan fingerprint density at radius 2 is 1.75 bits per heavy atom. The summed E-state index contributed by atoms with van der Waals surface area (Å²) < 4.78 is 13.2. The summed E-state index contributed by atoms with van der Waals surface area (Å²) in [5.41, 5.74) is 2.84. The maximum Gasteiger partial charge on any atom is 0.238 e. The Labute approximate surface area is 165 Å². The summed E-state index contributed by atoms with van der Waals surface area (Å²) in [7, 11) is 0. The van der Waals surface area contributed by atoms with E-state index in [2.05, 4.69) is 29.6 Å². The van der Waals surface area contributed by atoms with Crippen LogP contribution >= 0.6 is 0 Å². The molecule has 0 bridgehead atoms. The first-order chi connectivity index (χ1) is 13.5. The quantitative estimate of drug-likeness (QED) is 0.835. The Balaban J connectivity index is 1.39. The third kappa shape index (κ3) is 5.89. The molecule has 6 heteroatoms. The lowest BCUT2D eigenvalue weighted by Crippen LogP contribution is -2.50. The first kappa shape index (κ1) is 20.0. The molecular formula is C22H26FN3O2. The van der Waals surface area contributed by atoms with E-state index in [0.717, 1.165) is 6.42 Å². The lowest BCUT2D eigenvalue weighted by molar-refractivity contribution is -0.133. The van der Waals surface area contributed by atoms with Gasteiger partial charge in [0, 0.05) is 38.3 Å². The van der Waals surface area contributed by atoms with Gasteiger partial charge >= 0.3 is 0 Å². The smallest absolute Gasteiger partial charge is 0.238 e. The van der Waals surface area contributed by atoms with Crippen molar-refractivity contribution in [1.29, 1.82) is 0 Å². The molecule has 0 aromatic heterocycles. The molecule has 0 atom stereocenters. The first-order valence-corrected chi connectivity index (χ1v) is 9.61. The van der Waals surface area contributed by atoms with Crippen LogP contribution in [0.3, 0.4) is 0 Å². The molecule has 0 spiro atoms. The molecular weight excluding hydrogens is 357 g/mol. The number of rotatable bonds is 6. The summed E-state index contributed by atoms with van der Waals surface area (Å²) in [5.74, 6) is -0.398. The van der Waals surface area contributed by atoms with Crippen LogP contribution in [-0.4, -0.2) is 54.3 Å². The minimum Gasteiger partial charge on any atom is -0.340 e. The Morgan fingerprint density at radius 3 is 2.43 bits per heavy atom. The van der Waals surface area contributed by atoms with E-state index in [9.17, 15) is 14.0 Å². The van der Waals surface area contributed by atoms with Gasteiger partial charge in [-0.15, -0.1) is 0 Å². The van der Waals surface area contributed by atoms with Gasteiger partial charge in [0.1, 0.15) is 5.82 Å². The fourth-order valence-corrected chi connectivity index (χ4v) is 3.29. The van der Waals surface area contributed by atoms with Crippen LogP contribution in [0.2, 0.25) is 0 Å². The van der Waals surface area contributed by atoms with Gasteiger partial charge in [0.25, 0.3) is 0 Å². The van der Waals surface area contributed by atoms with Crippen LogP contribution in [0.1, 0.15) is 17.5 Å². The van der Waals surface area contributed by atoms with Crippen LogP contribution < -0.4 is 5.32 Å². The zero-order valence-corrected chi connectivity index (χ0v) is 16.2. The molecule has 0 unspecified atom stereocenters. The molecule has 1 aliphatic heterocycles. The largest absolute Gasteiger partial charge is 0.340 e. The predicted octanol–water partition coefficient (Wildman–Crippen LogP) is 2.85. The summed E-state index contributed by atoms with van der Waals surface area (Å²) >= 11 is 0. The summed E-state index contributed by atoms with van der Waals surface area (Å²) in [5, 5.41) is 2.71. The van der Waals surface area contributed by atoms with E-state index in [1.807, 2.05) is 16.7 Å². The molecule has 0 saturated carbocycles. The van der Waals surface area contributed by atoms with Crippen molar-refractivity contribution in [3.05, 3.63) is 65.5 Å². The number of anilines is 1. The van der Waals surface area contributed by atoms with Gasteiger partial charge in [0.05, 0.1) is 6.54 Å². The van der Waals surface area contributed by atoms with Crippen molar-refractivity contribution < 1.29 is 14.0 Å². The summed E-state index contributed by atoms with van der Waals surface area (Å²) in [6, 6.07) is 14.1. The standard InChI is InChI=1S/C22H26FN3O2/c1-17-5-7-18(8-6-17)9-10-22(28)26-13-11-25(12-14-26)16-21(27)24-20-4-2-3-19(23)15-20/h2-8,15H,9-14,16H2,1H3,(H,24,27). The summed E-state index contributed by atoms with van der Waals surface area (Å²) in [6.45, 7) is 4.86. The van der Waals surface area contributed by atoms with Crippen LogP contribution in [0.4, 0.5) is 10.1 Å². The number of aryl methyl sites for hydroxylation is 2. The minimum absolute atomic E-state index is 0.157. The molecule has 2 aromatic carbocycles. The van der Waals surface area contributed by atoms with Crippen LogP contribution in [0, 0.1) is 12.7 Å². The molecule has 5 nitrogen and oxygen atoms in total. The van der Waals surface area contributed by atoms with E-state index in [-0.39, 0.29) is 24.2 Å². The summed E-state index contributed by atoms with van der Waals surface area (Å²) in [4.78, 5) is 28.5. The topological polar surface area (TPSA) is 52.7 Å². The second kappa shape index (κ2) is 9.46. The van der Waals surface area contributed by atoms with Crippen LogP contribution in [0.25, 0.3) is 0 Å². The van der Waals surface area contributed by atoms with Crippen molar-refractivity contribution in [1.82, 2.24) is 9.80 Å². The molecule has 1 N–H and O–H groups in total. The number of nitrogens with zero attached hydrogens (tertiary/aromatic N) is 2. The number of hydrogen-bond donors (Lipinski definition) is 1. The van der Waals surface area contributed by atoms with E-state index in [1.165, 1.54) is 23.3 Å². The number of amides is 2. The van der Waals surface area contributed by atoms with Crippen molar-refractivity contribution in [2.75, 3.05) is 38.0 Å². The molecule has 28 heavy (non-hydrogen) atoms. The molecule has 1 saturated heterocycles. The van der Waals surface area contributed by atoms with E-state index in [4.69, 9.17) is 0 Å². The summed E-state index contributed by atoms with van der Waals surface area (Å²) in [6.07, 6.45) is 1.25. The second-order valence-electron chi connectivity index (χ2n) is 7.20. The van der Waals surface area contributed by atoms with E-state index >= 15 is 0 Å². The molecule has 148 valence electrons. The highest BCUT2D eigenvalue weighted by Gasteiger charge is 2.22. The van der Waals surface area contributed by atoms with E-state index in [0.29, 0.717) is 38.3 Å². The zero-order valence-electron chi connectivity index (χ0n) is 16.2. The highest BCUT2D eigenvalue weighted by molar-refractivity contribution is 5.92. The Morgan fingerprint density at radius 1 is 1.04 bits per heavy atom. The van der Waals surface area contributed by atoms with E-state index in [1.54, 1.807) is 12.1 Å². The Hall–Kier alpha value is -2.73. The van der Waals surface area contributed by atoms with E-state index < -0.39 is 0 Å². The molecule has 0 radical (unpaired) electrons. The average molecular weight is 383 g/mol. The zero-order chi connectivity index (χ0) is 19.9. The third-order valence-electron chi connectivity index (χ3n) is 4.95. The monoisotopic (exact) mass is 383 g/mol. The van der Waals surface area contributed by atoms with Gasteiger partial charge in [0.15, 0.2) is 0 Å². The van der Waals surface area contributed by atoms with Crippen molar-refractivity contribution >= 4 is 17.5 Å². The van der Waals surface area contributed by atoms with Crippen LogP contribution in [-0.2, 0) is 16.0 Å². The van der Waals surface area contributed by atoms with Gasteiger partial charge < -0.3 is 10.2 Å². The number of nitrogens with one attached hydrogen (secondary N) is 1. The fourth-order valence-electron chi connectivity index (χ4n) is 3.29. The first-order valence-electron chi connectivity index (χ1n) is 9.61. The second-order valence-corrected chi connectivity index (χ2v) is 7.20. The normalized spacial score (nSPS) is 14.7. The molecule has 3 rings (SSSR count). The highest BCUT2D eigenvalue weighted by atomic mass is 19.1. The maximum atomic E-state index is 13.2. The third-order valence-corrected chi connectivity index (χ3v) is 4.95. The fraction of sp³-hybridized carbons (Fsp3) is 0.364. The van der Waals surface area contributed by atoms with Gasteiger partial charge in [-0.2, -0.15) is 0 Å².